The van der Waals surface area contributed by atoms with Crippen LogP contribution in [0.15, 0.2) is 0 Å². The first-order chi connectivity index (χ1) is 6.77. The van der Waals surface area contributed by atoms with Gasteiger partial charge in [-0.15, -0.1) is 0 Å². The minimum Gasteiger partial charge on any atom is -0.469 e. The SMILES string of the molecule is COC(=O)CCN1CCCC[C@H]1CN. The van der Waals surface area contributed by atoms with Crippen LogP contribution in [0.5, 0.6) is 0 Å². The van der Waals surface area contributed by atoms with Crippen LogP contribution in [0, 0.1) is 0 Å². The lowest BCUT2D eigenvalue weighted by atomic mass is 10.0. The van der Waals surface area contributed by atoms with Crippen LogP contribution in [0.3, 0.4) is 0 Å². The number of hydrogen-bond acceptors (Lipinski definition) is 4. The Kier molecular flexibility index (Phi) is 4.90. The zero-order valence-corrected chi connectivity index (χ0v) is 8.87. The highest BCUT2D eigenvalue weighted by Gasteiger charge is 2.21. The first-order valence-corrected chi connectivity index (χ1v) is 5.29. The van der Waals surface area contributed by atoms with Crippen molar-refractivity contribution in [3.8, 4) is 0 Å². The third kappa shape index (κ3) is 3.27. The van der Waals surface area contributed by atoms with Crippen LogP contribution in [0.2, 0.25) is 0 Å². The van der Waals surface area contributed by atoms with Gasteiger partial charge in [0, 0.05) is 19.1 Å². The number of nitrogens with zero attached hydrogens (tertiary/aromatic N) is 1. The number of carbonyl (C=O) groups is 1. The fraction of sp³-hybridized carbons (Fsp3) is 0.900. The average molecular weight is 200 g/mol. The molecule has 2 N–H and O–H groups in total. The molecule has 4 heteroatoms. The third-order valence-electron chi connectivity index (χ3n) is 2.85. The predicted molar refractivity (Wildman–Crippen MR) is 54.9 cm³/mol. The van der Waals surface area contributed by atoms with Gasteiger partial charge in [-0.05, 0) is 19.4 Å². The Morgan fingerprint density at radius 2 is 2.36 bits per heavy atom. The van der Waals surface area contributed by atoms with Crippen LogP contribution in [-0.2, 0) is 9.53 Å². The van der Waals surface area contributed by atoms with Gasteiger partial charge in [0.15, 0.2) is 0 Å². The summed E-state index contributed by atoms with van der Waals surface area (Å²) in [5, 5.41) is 0. The Bertz CT molecular complexity index is 185. The molecule has 4 nitrogen and oxygen atoms in total. The second kappa shape index (κ2) is 5.98. The summed E-state index contributed by atoms with van der Waals surface area (Å²) in [6.07, 6.45) is 4.12. The molecule has 1 saturated heterocycles. The highest BCUT2D eigenvalue weighted by atomic mass is 16.5. The minimum absolute atomic E-state index is 0.133. The van der Waals surface area contributed by atoms with E-state index in [1.54, 1.807) is 0 Å². The summed E-state index contributed by atoms with van der Waals surface area (Å²) in [6, 6.07) is 0.466. The molecule has 82 valence electrons. The van der Waals surface area contributed by atoms with Crippen molar-refractivity contribution in [2.24, 2.45) is 5.73 Å². The first-order valence-electron chi connectivity index (χ1n) is 5.29. The molecule has 0 saturated carbocycles. The molecule has 14 heavy (non-hydrogen) atoms. The van der Waals surface area contributed by atoms with Crippen LogP contribution < -0.4 is 5.73 Å². The van der Waals surface area contributed by atoms with Crippen LogP contribution in [0.4, 0.5) is 0 Å². The zero-order chi connectivity index (χ0) is 10.4. The molecule has 0 aliphatic carbocycles. The number of nitrogens with two attached hydrogens (primary N) is 1. The number of esters is 1. The third-order valence-corrected chi connectivity index (χ3v) is 2.85. The Morgan fingerprint density at radius 1 is 1.57 bits per heavy atom. The van der Waals surface area contributed by atoms with E-state index in [0.717, 1.165) is 19.5 Å². The van der Waals surface area contributed by atoms with Gasteiger partial charge in [0.2, 0.25) is 0 Å². The maximum atomic E-state index is 11.0. The van der Waals surface area contributed by atoms with Crippen LogP contribution in [-0.4, -0.2) is 43.7 Å². The van der Waals surface area contributed by atoms with Crippen LogP contribution in [0.25, 0.3) is 0 Å². The zero-order valence-electron chi connectivity index (χ0n) is 8.87. The molecule has 1 aliphatic rings. The molecule has 1 atom stereocenters. The number of rotatable bonds is 4. The molecule has 1 heterocycles. The number of piperidine rings is 1. The van der Waals surface area contributed by atoms with Crippen molar-refractivity contribution in [1.29, 1.82) is 0 Å². The highest BCUT2D eigenvalue weighted by Crippen LogP contribution is 2.16. The highest BCUT2D eigenvalue weighted by molar-refractivity contribution is 5.69. The van der Waals surface area contributed by atoms with Gasteiger partial charge >= 0.3 is 5.97 Å². The summed E-state index contributed by atoms with van der Waals surface area (Å²) < 4.78 is 4.61. The number of ether oxygens (including phenoxy) is 1. The van der Waals surface area contributed by atoms with E-state index < -0.39 is 0 Å². The van der Waals surface area contributed by atoms with E-state index in [1.165, 1.54) is 20.0 Å². The topological polar surface area (TPSA) is 55.6 Å². The second-order valence-corrected chi connectivity index (χ2v) is 3.75. The fourth-order valence-corrected chi connectivity index (χ4v) is 1.96. The van der Waals surface area contributed by atoms with Gasteiger partial charge in [-0.25, -0.2) is 0 Å². The largest absolute Gasteiger partial charge is 0.469 e. The number of carbonyl (C=O) groups excluding carboxylic acids is 1. The molecule has 1 aliphatic heterocycles. The molecule has 0 unspecified atom stereocenters. The van der Waals surface area contributed by atoms with E-state index in [9.17, 15) is 4.79 Å². The minimum atomic E-state index is -0.133. The normalized spacial score (nSPS) is 23.4. The molecule has 0 aromatic rings. The molecule has 0 amide bonds. The summed E-state index contributed by atoms with van der Waals surface area (Å²) in [6.45, 7) is 2.55. The van der Waals surface area contributed by atoms with E-state index in [0.29, 0.717) is 19.0 Å². The first kappa shape index (κ1) is 11.5. The Hall–Kier alpha value is -0.610. The Labute approximate surface area is 85.4 Å². The van der Waals surface area contributed by atoms with Crippen molar-refractivity contribution in [2.45, 2.75) is 31.7 Å². The summed E-state index contributed by atoms with van der Waals surface area (Å²) in [5.74, 6) is -0.133. The predicted octanol–water partition coefficient (Wildman–Crippen LogP) is 0.363. The van der Waals surface area contributed by atoms with Crippen molar-refractivity contribution < 1.29 is 9.53 Å². The molecule has 0 aromatic heterocycles. The van der Waals surface area contributed by atoms with Gasteiger partial charge in [-0.3, -0.25) is 9.69 Å². The van der Waals surface area contributed by atoms with Gasteiger partial charge in [-0.2, -0.15) is 0 Å². The van der Waals surface area contributed by atoms with Gasteiger partial charge in [0.1, 0.15) is 0 Å². The molecule has 0 radical (unpaired) electrons. The smallest absolute Gasteiger partial charge is 0.306 e. The van der Waals surface area contributed by atoms with Crippen molar-refractivity contribution in [2.75, 3.05) is 26.7 Å². The van der Waals surface area contributed by atoms with Crippen LogP contribution in [0.1, 0.15) is 25.7 Å². The van der Waals surface area contributed by atoms with Gasteiger partial charge in [0.05, 0.1) is 13.5 Å². The summed E-state index contributed by atoms with van der Waals surface area (Å²) in [7, 11) is 1.43. The molecule has 1 rings (SSSR count). The summed E-state index contributed by atoms with van der Waals surface area (Å²) >= 11 is 0. The quantitative estimate of drug-likeness (QED) is 0.666. The Morgan fingerprint density at radius 3 is 3.00 bits per heavy atom. The maximum Gasteiger partial charge on any atom is 0.306 e. The van der Waals surface area contributed by atoms with Crippen LogP contribution >= 0.6 is 0 Å². The standard InChI is InChI=1S/C10H20N2O2/c1-14-10(13)5-7-12-6-3-2-4-9(12)8-11/h9H,2-8,11H2,1H3/t9-/m0/s1. The van der Waals surface area contributed by atoms with E-state index in [2.05, 4.69) is 9.64 Å². The summed E-state index contributed by atoms with van der Waals surface area (Å²) in [5.41, 5.74) is 5.67. The maximum absolute atomic E-state index is 11.0. The van der Waals surface area contributed by atoms with Crippen molar-refractivity contribution in [1.82, 2.24) is 4.90 Å². The number of hydrogen-bond donors (Lipinski definition) is 1. The molecule has 0 aromatic carbocycles. The van der Waals surface area contributed by atoms with Crippen molar-refractivity contribution in [3.63, 3.8) is 0 Å². The van der Waals surface area contributed by atoms with Gasteiger partial charge < -0.3 is 10.5 Å². The lowest BCUT2D eigenvalue weighted by Crippen LogP contribution is -2.44. The lowest BCUT2D eigenvalue weighted by molar-refractivity contribution is -0.141. The van der Waals surface area contributed by atoms with E-state index in [4.69, 9.17) is 5.73 Å². The monoisotopic (exact) mass is 200 g/mol. The molecular formula is C10H20N2O2. The number of likely N-dealkylation sites (tertiary alicyclic amines) is 1. The molecular weight excluding hydrogens is 180 g/mol. The van der Waals surface area contributed by atoms with E-state index >= 15 is 0 Å². The lowest BCUT2D eigenvalue weighted by Gasteiger charge is -2.34. The fourth-order valence-electron chi connectivity index (χ4n) is 1.96. The second-order valence-electron chi connectivity index (χ2n) is 3.75. The number of methoxy groups -OCH3 is 1. The van der Waals surface area contributed by atoms with Crippen molar-refractivity contribution >= 4 is 5.97 Å². The molecule has 0 spiro atoms. The molecule has 1 fully saturated rings. The average Bonchev–Trinajstić information content (AvgIpc) is 2.26. The van der Waals surface area contributed by atoms with Gasteiger partial charge in [0.25, 0.3) is 0 Å². The molecule has 0 bridgehead atoms. The Balaban J connectivity index is 2.29. The van der Waals surface area contributed by atoms with E-state index in [-0.39, 0.29) is 5.97 Å². The van der Waals surface area contributed by atoms with Gasteiger partial charge in [-0.1, -0.05) is 6.42 Å². The van der Waals surface area contributed by atoms with E-state index in [1.807, 2.05) is 0 Å². The van der Waals surface area contributed by atoms with Crippen molar-refractivity contribution in [3.05, 3.63) is 0 Å². The summed E-state index contributed by atoms with van der Waals surface area (Å²) in [4.78, 5) is 13.3.